The quantitative estimate of drug-likeness (QED) is 0.801. The molecule has 0 aliphatic carbocycles. The van der Waals surface area contributed by atoms with Gasteiger partial charge in [0.2, 0.25) is 0 Å². The van der Waals surface area contributed by atoms with Gasteiger partial charge in [-0.15, -0.1) is 0 Å². The highest BCUT2D eigenvalue weighted by atomic mass is 16.6. The number of carboxylic acids is 1. The van der Waals surface area contributed by atoms with Gasteiger partial charge in [-0.1, -0.05) is 0 Å². The molecule has 0 spiro atoms. The first-order valence-corrected chi connectivity index (χ1v) is 8.35. The largest absolute Gasteiger partial charge is 0.497 e. The Morgan fingerprint density at radius 2 is 1.74 bits per heavy atom. The number of nitrogens with one attached hydrogen (secondary N) is 1. The number of ether oxygens (including phenoxy) is 2. The lowest BCUT2D eigenvalue weighted by Gasteiger charge is -2.22. The van der Waals surface area contributed by atoms with Crippen LogP contribution in [0.5, 0.6) is 5.75 Å². The summed E-state index contributed by atoms with van der Waals surface area (Å²) >= 11 is 0. The molecule has 27 heavy (non-hydrogen) atoms. The number of amides is 1. The number of methoxy groups -OCH3 is 1. The molecule has 0 radical (unpaired) electrons. The van der Waals surface area contributed by atoms with Crippen molar-refractivity contribution in [3.8, 4) is 17.1 Å². The fourth-order valence-electron chi connectivity index (χ4n) is 2.23. The smallest absolute Gasteiger partial charge is 0.408 e. The maximum atomic E-state index is 11.8. The van der Waals surface area contributed by atoms with Gasteiger partial charge in [-0.25, -0.2) is 19.6 Å². The highest BCUT2D eigenvalue weighted by Crippen LogP contribution is 2.19. The van der Waals surface area contributed by atoms with Crippen molar-refractivity contribution in [1.82, 2.24) is 15.3 Å². The minimum atomic E-state index is -1.17. The number of hydrogen-bond donors (Lipinski definition) is 2. The standard InChI is InChI=1S/C19H23N3O5/c1-19(2,3)27-18(25)22-15(17(23)24)9-12-10-20-16(21-11-12)13-5-7-14(26-4)8-6-13/h5-8,10-11,15H,9H2,1-4H3,(H,22,25)(H,23,24). The van der Waals surface area contributed by atoms with Crippen molar-refractivity contribution in [3.05, 3.63) is 42.2 Å². The van der Waals surface area contributed by atoms with Gasteiger partial charge in [0.05, 0.1) is 7.11 Å². The minimum Gasteiger partial charge on any atom is -0.497 e. The Balaban J connectivity index is 2.05. The van der Waals surface area contributed by atoms with E-state index in [1.54, 1.807) is 52.4 Å². The summed E-state index contributed by atoms with van der Waals surface area (Å²) in [6, 6.07) is 6.13. The minimum absolute atomic E-state index is 0.0392. The van der Waals surface area contributed by atoms with Crippen molar-refractivity contribution in [3.63, 3.8) is 0 Å². The number of nitrogens with zero attached hydrogens (tertiary/aromatic N) is 2. The Bertz CT molecular complexity index is 782. The topological polar surface area (TPSA) is 111 Å². The molecule has 0 saturated heterocycles. The molecule has 144 valence electrons. The van der Waals surface area contributed by atoms with Crippen molar-refractivity contribution in [2.75, 3.05) is 7.11 Å². The first-order chi connectivity index (χ1) is 12.7. The zero-order valence-corrected chi connectivity index (χ0v) is 15.7. The van der Waals surface area contributed by atoms with Gasteiger partial charge in [0, 0.05) is 24.4 Å². The monoisotopic (exact) mass is 373 g/mol. The van der Waals surface area contributed by atoms with E-state index in [-0.39, 0.29) is 6.42 Å². The molecule has 8 heteroatoms. The molecule has 0 aliphatic rings. The second kappa shape index (κ2) is 8.48. The number of rotatable bonds is 6. The summed E-state index contributed by atoms with van der Waals surface area (Å²) < 4.78 is 10.2. The van der Waals surface area contributed by atoms with Crippen molar-refractivity contribution >= 4 is 12.1 Å². The predicted octanol–water partition coefficient (Wildman–Crippen LogP) is 2.67. The molecule has 1 heterocycles. The van der Waals surface area contributed by atoms with Crippen LogP contribution in [0.3, 0.4) is 0 Å². The Morgan fingerprint density at radius 3 is 2.22 bits per heavy atom. The van der Waals surface area contributed by atoms with Crippen LogP contribution < -0.4 is 10.1 Å². The fourth-order valence-corrected chi connectivity index (χ4v) is 2.23. The summed E-state index contributed by atoms with van der Waals surface area (Å²) in [5.74, 6) is 0.0707. The maximum absolute atomic E-state index is 11.8. The van der Waals surface area contributed by atoms with Gasteiger partial charge in [0.1, 0.15) is 17.4 Å². The number of aliphatic carboxylic acids is 1. The number of hydrogen-bond acceptors (Lipinski definition) is 6. The van der Waals surface area contributed by atoms with Gasteiger partial charge in [-0.2, -0.15) is 0 Å². The normalized spacial score (nSPS) is 12.1. The lowest BCUT2D eigenvalue weighted by Crippen LogP contribution is -2.44. The molecule has 2 rings (SSSR count). The highest BCUT2D eigenvalue weighted by Gasteiger charge is 2.24. The molecular weight excluding hydrogens is 350 g/mol. The number of carbonyl (C=O) groups is 2. The third-order valence-electron chi connectivity index (χ3n) is 3.48. The Labute approximate surface area is 157 Å². The van der Waals surface area contributed by atoms with Crippen molar-refractivity contribution < 1.29 is 24.2 Å². The van der Waals surface area contributed by atoms with Crippen molar-refractivity contribution in [2.24, 2.45) is 0 Å². The second-order valence-corrected chi connectivity index (χ2v) is 6.88. The van der Waals surface area contributed by atoms with E-state index in [1.165, 1.54) is 0 Å². The Kier molecular flexibility index (Phi) is 6.33. The SMILES string of the molecule is COc1ccc(-c2ncc(CC(NC(=O)OC(C)(C)C)C(=O)O)cn2)cc1. The fraction of sp³-hybridized carbons (Fsp3) is 0.368. The number of carbonyl (C=O) groups excluding carboxylic acids is 1. The Hall–Kier alpha value is -3.16. The third kappa shape index (κ3) is 6.25. The molecule has 1 atom stereocenters. The van der Waals surface area contributed by atoms with Crippen LogP contribution in [0.2, 0.25) is 0 Å². The van der Waals surface area contributed by atoms with Gasteiger partial charge in [-0.3, -0.25) is 0 Å². The van der Waals surface area contributed by atoms with E-state index in [1.807, 2.05) is 12.1 Å². The zero-order valence-electron chi connectivity index (χ0n) is 15.7. The average molecular weight is 373 g/mol. The molecule has 1 aromatic carbocycles. The van der Waals surface area contributed by atoms with Crippen LogP contribution >= 0.6 is 0 Å². The van der Waals surface area contributed by atoms with Crippen LogP contribution in [-0.4, -0.2) is 45.9 Å². The van der Waals surface area contributed by atoms with Gasteiger partial charge in [0.25, 0.3) is 0 Å². The number of alkyl carbamates (subject to hydrolysis) is 1. The molecule has 8 nitrogen and oxygen atoms in total. The van der Waals surface area contributed by atoms with Crippen LogP contribution in [0.15, 0.2) is 36.7 Å². The van der Waals surface area contributed by atoms with E-state index >= 15 is 0 Å². The Morgan fingerprint density at radius 1 is 1.15 bits per heavy atom. The molecule has 1 amide bonds. The molecule has 0 saturated carbocycles. The summed E-state index contributed by atoms with van der Waals surface area (Å²) in [6.07, 6.45) is 2.33. The van der Waals surface area contributed by atoms with Crippen LogP contribution in [0, 0.1) is 0 Å². The molecular formula is C19H23N3O5. The average Bonchev–Trinajstić information content (AvgIpc) is 2.60. The van der Waals surface area contributed by atoms with Gasteiger partial charge in [-0.05, 0) is 50.6 Å². The van der Waals surface area contributed by atoms with Crippen LogP contribution in [0.25, 0.3) is 11.4 Å². The molecule has 1 unspecified atom stereocenters. The molecule has 0 aliphatic heterocycles. The summed E-state index contributed by atoms with van der Waals surface area (Å²) in [5, 5.41) is 11.7. The summed E-state index contributed by atoms with van der Waals surface area (Å²) in [7, 11) is 1.59. The maximum Gasteiger partial charge on any atom is 0.408 e. The van der Waals surface area contributed by atoms with Crippen molar-refractivity contribution in [2.45, 2.75) is 38.8 Å². The highest BCUT2D eigenvalue weighted by molar-refractivity contribution is 5.80. The van der Waals surface area contributed by atoms with Gasteiger partial charge in [0.15, 0.2) is 5.82 Å². The van der Waals surface area contributed by atoms with Crippen LogP contribution in [0.1, 0.15) is 26.3 Å². The first-order valence-electron chi connectivity index (χ1n) is 8.35. The van der Waals surface area contributed by atoms with Crippen LogP contribution in [-0.2, 0) is 16.0 Å². The summed E-state index contributed by atoms with van der Waals surface area (Å²) in [4.78, 5) is 31.8. The third-order valence-corrected chi connectivity index (χ3v) is 3.48. The molecule has 0 fully saturated rings. The first kappa shape index (κ1) is 20.2. The van der Waals surface area contributed by atoms with E-state index in [2.05, 4.69) is 15.3 Å². The van der Waals surface area contributed by atoms with Crippen LogP contribution in [0.4, 0.5) is 4.79 Å². The van der Waals surface area contributed by atoms with E-state index in [0.717, 1.165) is 11.3 Å². The number of aromatic nitrogens is 2. The number of benzene rings is 1. The van der Waals surface area contributed by atoms with Gasteiger partial charge >= 0.3 is 12.1 Å². The second-order valence-electron chi connectivity index (χ2n) is 6.88. The number of carboxylic acid groups (broad SMARTS) is 1. The van der Waals surface area contributed by atoms with E-state index in [0.29, 0.717) is 11.4 Å². The lowest BCUT2D eigenvalue weighted by atomic mass is 10.1. The summed E-state index contributed by atoms with van der Waals surface area (Å²) in [5.41, 5.74) is 0.677. The van der Waals surface area contributed by atoms with E-state index in [4.69, 9.17) is 9.47 Å². The lowest BCUT2D eigenvalue weighted by molar-refractivity contribution is -0.139. The summed E-state index contributed by atoms with van der Waals surface area (Å²) in [6.45, 7) is 5.11. The molecule has 1 aromatic heterocycles. The molecule has 0 bridgehead atoms. The predicted molar refractivity (Wildman–Crippen MR) is 98.5 cm³/mol. The van der Waals surface area contributed by atoms with Gasteiger partial charge < -0.3 is 19.9 Å². The zero-order chi connectivity index (χ0) is 20.0. The molecule has 2 aromatic rings. The van der Waals surface area contributed by atoms with Crippen molar-refractivity contribution in [1.29, 1.82) is 0 Å². The van der Waals surface area contributed by atoms with E-state index < -0.39 is 23.7 Å². The van der Waals surface area contributed by atoms with E-state index in [9.17, 15) is 14.7 Å². The molecule has 2 N–H and O–H groups in total.